The zero-order valence-electron chi connectivity index (χ0n) is 8.44. The van der Waals surface area contributed by atoms with Crippen LogP contribution in [0.2, 0.25) is 0 Å². The molecule has 4 nitrogen and oxygen atoms in total. The van der Waals surface area contributed by atoms with Crippen molar-refractivity contribution < 1.29 is 0 Å². The van der Waals surface area contributed by atoms with Gasteiger partial charge in [0.05, 0.1) is 5.69 Å². The normalized spacial score (nSPS) is 23.1. The molecule has 2 rings (SSSR count). The number of hydrogen-bond donors (Lipinski definition) is 1. The Morgan fingerprint density at radius 1 is 1.71 bits per heavy atom. The van der Waals surface area contributed by atoms with Gasteiger partial charge in [-0.25, -0.2) is 0 Å². The fraction of sp³-hybridized carbons (Fsp3) is 0.778. The van der Waals surface area contributed by atoms with Crippen molar-refractivity contribution in [1.29, 1.82) is 0 Å². The maximum absolute atomic E-state index is 4.06. The maximum Gasteiger partial charge on any atom is 0.0895 e. The molecule has 1 aliphatic rings. The van der Waals surface area contributed by atoms with E-state index in [2.05, 4.69) is 19.8 Å². The molecular formula is C9H16N4S. The summed E-state index contributed by atoms with van der Waals surface area (Å²) in [6, 6.07) is 0. The lowest BCUT2D eigenvalue weighted by Crippen LogP contribution is -2.24. The van der Waals surface area contributed by atoms with Crippen LogP contribution in [0.3, 0.4) is 0 Å². The lowest BCUT2D eigenvalue weighted by atomic mass is 10.1. The van der Waals surface area contributed by atoms with Gasteiger partial charge >= 0.3 is 0 Å². The van der Waals surface area contributed by atoms with E-state index in [1.807, 2.05) is 12.4 Å². The van der Waals surface area contributed by atoms with Crippen molar-refractivity contribution in [2.75, 3.05) is 26.7 Å². The molecule has 2 heterocycles. The highest BCUT2D eigenvalue weighted by Crippen LogP contribution is 2.17. The molecule has 1 aliphatic heterocycles. The highest BCUT2D eigenvalue weighted by molar-refractivity contribution is 7.03. The fourth-order valence-corrected chi connectivity index (χ4v) is 2.44. The van der Waals surface area contributed by atoms with Crippen LogP contribution in [-0.4, -0.2) is 41.2 Å². The lowest BCUT2D eigenvalue weighted by Gasteiger charge is -2.13. The summed E-state index contributed by atoms with van der Waals surface area (Å²) in [4.78, 5) is 2.46. The van der Waals surface area contributed by atoms with E-state index in [0.29, 0.717) is 0 Å². The van der Waals surface area contributed by atoms with E-state index in [0.717, 1.165) is 24.7 Å². The minimum atomic E-state index is 0.812. The molecule has 0 saturated carbocycles. The third-order valence-electron chi connectivity index (χ3n) is 2.65. The number of nitrogens with one attached hydrogen (secondary N) is 1. The number of hydrogen-bond acceptors (Lipinski definition) is 5. The molecule has 5 heteroatoms. The van der Waals surface area contributed by atoms with Gasteiger partial charge in [0, 0.05) is 18.5 Å². The fourth-order valence-electron chi connectivity index (χ4n) is 1.99. The van der Waals surface area contributed by atoms with Crippen molar-refractivity contribution in [2.24, 2.45) is 5.92 Å². The Morgan fingerprint density at radius 2 is 2.64 bits per heavy atom. The minimum Gasteiger partial charge on any atom is -0.319 e. The number of rotatable bonds is 4. The summed E-state index contributed by atoms with van der Waals surface area (Å²) in [5.74, 6) is 0.812. The second-order valence-electron chi connectivity index (χ2n) is 3.84. The molecule has 1 N–H and O–H groups in total. The maximum atomic E-state index is 4.06. The Labute approximate surface area is 88.5 Å². The monoisotopic (exact) mass is 212 g/mol. The van der Waals surface area contributed by atoms with Gasteiger partial charge in [-0.2, -0.15) is 0 Å². The average molecular weight is 212 g/mol. The van der Waals surface area contributed by atoms with Gasteiger partial charge in [0.15, 0.2) is 0 Å². The third-order valence-corrected chi connectivity index (χ3v) is 3.21. The predicted octanol–water partition coefficient (Wildman–Crippen LogP) is 0.579. The molecule has 0 aliphatic carbocycles. The zero-order chi connectivity index (χ0) is 9.80. The van der Waals surface area contributed by atoms with Crippen LogP contribution in [0.5, 0.6) is 0 Å². The zero-order valence-corrected chi connectivity index (χ0v) is 9.26. The third kappa shape index (κ3) is 2.50. The van der Waals surface area contributed by atoms with E-state index < -0.39 is 0 Å². The van der Waals surface area contributed by atoms with E-state index in [4.69, 9.17) is 0 Å². The van der Waals surface area contributed by atoms with Gasteiger partial charge in [0.2, 0.25) is 0 Å². The van der Waals surface area contributed by atoms with E-state index in [-0.39, 0.29) is 0 Å². The highest BCUT2D eigenvalue weighted by atomic mass is 32.1. The Balaban J connectivity index is 1.79. The van der Waals surface area contributed by atoms with Gasteiger partial charge in [-0.3, -0.25) is 4.90 Å². The molecule has 1 aromatic heterocycles. The van der Waals surface area contributed by atoms with Crippen LogP contribution in [0, 0.1) is 5.92 Å². The molecule has 1 saturated heterocycles. The summed E-state index contributed by atoms with van der Waals surface area (Å²) in [6.45, 7) is 4.49. The van der Waals surface area contributed by atoms with E-state index >= 15 is 0 Å². The van der Waals surface area contributed by atoms with Crippen molar-refractivity contribution in [3.8, 4) is 0 Å². The smallest absolute Gasteiger partial charge is 0.0895 e. The summed E-state index contributed by atoms with van der Waals surface area (Å²) in [7, 11) is 2.02. The van der Waals surface area contributed by atoms with Crippen LogP contribution in [-0.2, 0) is 6.54 Å². The number of likely N-dealkylation sites (tertiary alicyclic amines) is 1. The molecule has 1 unspecified atom stereocenters. The molecule has 0 radical (unpaired) electrons. The first-order chi connectivity index (χ1) is 6.88. The summed E-state index contributed by atoms with van der Waals surface area (Å²) in [5.41, 5.74) is 1.11. The molecule has 1 aromatic rings. The molecule has 14 heavy (non-hydrogen) atoms. The number of nitrogens with zero attached hydrogens (tertiary/aromatic N) is 3. The van der Waals surface area contributed by atoms with Crippen LogP contribution >= 0.6 is 11.5 Å². The molecule has 0 bridgehead atoms. The van der Waals surface area contributed by atoms with Crippen molar-refractivity contribution in [2.45, 2.75) is 13.0 Å². The van der Waals surface area contributed by atoms with Gasteiger partial charge in [-0.05, 0) is 44.0 Å². The molecule has 0 aromatic carbocycles. The minimum absolute atomic E-state index is 0.812. The van der Waals surface area contributed by atoms with Gasteiger partial charge in [0.25, 0.3) is 0 Å². The van der Waals surface area contributed by atoms with Crippen LogP contribution in [0.4, 0.5) is 0 Å². The van der Waals surface area contributed by atoms with Crippen molar-refractivity contribution in [1.82, 2.24) is 19.8 Å². The quantitative estimate of drug-likeness (QED) is 0.792. The Bertz CT molecular complexity index is 262. The largest absolute Gasteiger partial charge is 0.319 e. The average Bonchev–Trinajstić information content (AvgIpc) is 2.79. The van der Waals surface area contributed by atoms with Gasteiger partial charge < -0.3 is 5.32 Å². The highest BCUT2D eigenvalue weighted by Gasteiger charge is 2.21. The first-order valence-electron chi connectivity index (χ1n) is 5.01. The summed E-state index contributed by atoms with van der Waals surface area (Å²) >= 11 is 1.43. The summed E-state index contributed by atoms with van der Waals surface area (Å²) < 4.78 is 3.87. The summed E-state index contributed by atoms with van der Waals surface area (Å²) in [5, 5.41) is 9.33. The van der Waals surface area contributed by atoms with Crippen LogP contribution in [0.15, 0.2) is 5.38 Å². The Morgan fingerprint density at radius 3 is 3.36 bits per heavy atom. The molecule has 1 fully saturated rings. The van der Waals surface area contributed by atoms with Crippen LogP contribution in [0.1, 0.15) is 12.1 Å². The van der Waals surface area contributed by atoms with E-state index in [9.17, 15) is 0 Å². The SMILES string of the molecule is CNCC1CCN(Cc2csnn2)C1. The van der Waals surface area contributed by atoms with Crippen LogP contribution < -0.4 is 5.32 Å². The second kappa shape index (κ2) is 4.82. The van der Waals surface area contributed by atoms with Crippen molar-refractivity contribution >= 4 is 11.5 Å². The van der Waals surface area contributed by atoms with Gasteiger partial charge in [0.1, 0.15) is 0 Å². The first-order valence-corrected chi connectivity index (χ1v) is 5.85. The predicted molar refractivity (Wildman–Crippen MR) is 57.2 cm³/mol. The molecule has 0 spiro atoms. The van der Waals surface area contributed by atoms with Crippen molar-refractivity contribution in [3.05, 3.63) is 11.1 Å². The summed E-state index contributed by atoms with van der Waals surface area (Å²) in [6.07, 6.45) is 1.30. The lowest BCUT2D eigenvalue weighted by molar-refractivity contribution is 0.311. The molecule has 1 atom stereocenters. The Kier molecular flexibility index (Phi) is 3.44. The molecular weight excluding hydrogens is 196 g/mol. The van der Waals surface area contributed by atoms with Gasteiger partial charge in [-0.1, -0.05) is 4.49 Å². The number of aromatic nitrogens is 2. The van der Waals surface area contributed by atoms with Crippen molar-refractivity contribution in [3.63, 3.8) is 0 Å². The first kappa shape index (κ1) is 10.0. The molecule has 0 amide bonds. The van der Waals surface area contributed by atoms with E-state index in [1.54, 1.807) is 0 Å². The Hall–Kier alpha value is -0.520. The standard InChI is InChI=1S/C9H16N4S/c1-10-4-8-2-3-13(5-8)6-9-7-14-12-11-9/h7-8,10H,2-6H2,1H3. The topological polar surface area (TPSA) is 41.0 Å². The van der Waals surface area contributed by atoms with Gasteiger partial charge in [-0.15, -0.1) is 5.10 Å². The van der Waals surface area contributed by atoms with Crippen LogP contribution in [0.25, 0.3) is 0 Å². The second-order valence-corrected chi connectivity index (χ2v) is 4.45. The van der Waals surface area contributed by atoms with E-state index in [1.165, 1.54) is 31.0 Å². The molecule has 78 valence electrons.